The zero-order chi connectivity index (χ0) is 7.82. The SMILES string of the molecule is CCC/C=C/C(C)N=C=O. The zero-order valence-electron chi connectivity index (χ0n) is 6.50. The van der Waals surface area contributed by atoms with Crippen molar-refractivity contribution in [3.63, 3.8) is 0 Å². The van der Waals surface area contributed by atoms with E-state index in [1.54, 1.807) is 0 Å². The second-order valence-electron chi connectivity index (χ2n) is 2.18. The van der Waals surface area contributed by atoms with E-state index in [1.165, 1.54) is 6.08 Å². The van der Waals surface area contributed by atoms with Gasteiger partial charge in [-0.2, -0.15) is 4.99 Å². The predicted molar refractivity (Wildman–Crippen MR) is 41.6 cm³/mol. The molecule has 0 aliphatic heterocycles. The number of unbranched alkanes of at least 4 members (excludes halogenated alkanes) is 1. The maximum atomic E-state index is 9.72. The lowest BCUT2D eigenvalue weighted by molar-refractivity contribution is 0.561. The van der Waals surface area contributed by atoms with Gasteiger partial charge in [0.05, 0.1) is 6.04 Å². The van der Waals surface area contributed by atoms with Crippen LogP contribution in [0, 0.1) is 0 Å². The Morgan fingerprint density at radius 1 is 1.70 bits per heavy atom. The van der Waals surface area contributed by atoms with Gasteiger partial charge < -0.3 is 0 Å². The van der Waals surface area contributed by atoms with Gasteiger partial charge in [0.25, 0.3) is 0 Å². The van der Waals surface area contributed by atoms with E-state index in [2.05, 4.69) is 11.9 Å². The highest BCUT2D eigenvalue weighted by molar-refractivity contribution is 5.34. The van der Waals surface area contributed by atoms with Crippen LogP contribution in [0.2, 0.25) is 0 Å². The molecule has 0 amide bonds. The van der Waals surface area contributed by atoms with Crippen molar-refractivity contribution in [2.45, 2.75) is 32.7 Å². The summed E-state index contributed by atoms with van der Waals surface area (Å²) in [4.78, 5) is 13.2. The van der Waals surface area contributed by atoms with Gasteiger partial charge in [0.2, 0.25) is 6.08 Å². The van der Waals surface area contributed by atoms with Gasteiger partial charge in [0, 0.05) is 0 Å². The lowest BCUT2D eigenvalue weighted by Gasteiger charge is -1.91. The fourth-order valence-electron chi connectivity index (χ4n) is 0.586. The number of isocyanates is 1. The Labute approximate surface area is 61.7 Å². The quantitative estimate of drug-likeness (QED) is 0.333. The van der Waals surface area contributed by atoms with Gasteiger partial charge in [-0.15, -0.1) is 0 Å². The van der Waals surface area contributed by atoms with Crippen molar-refractivity contribution >= 4 is 6.08 Å². The van der Waals surface area contributed by atoms with E-state index in [-0.39, 0.29) is 6.04 Å². The standard InChI is InChI=1S/C8H13NO/c1-3-4-5-6-8(2)9-7-10/h5-6,8H,3-4H2,1-2H3/b6-5+. The Kier molecular flexibility index (Phi) is 5.69. The molecule has 56 valence electrons. The molecular formula is C8H13NO. The Morgan fingerprint density at radius 3 is 2.90 bits per heavy atom. The lowest BCUT2D eigenvalue weighted by Crippen LogP contribution is -1.89. The smallest absolute Gasteiger partial charge is 0.211 e. The van der Waals surface area contributed by atoms with Gasteiger partial charge in [0.1, 0.15) is 0 Å². The molecule has 0 fully saturated rings. The molecule has 0 saturated heterocycles. The molecule has 0 aromatic heterocycles. The topological polar surface area (TPSA) is 29.4 Å². The van der Waals surface area contributed by atoms with Gasteiger partial charge in [-0.1, -0.05) is 25.5 Å². The minimum absolute atomic E-state index is 0.0101. The maximum Gasteiger partial charge on any atom is 0.235 e. The highest BCUT2D eigenvalue weighted by Gasteiger charge is 1.87. The van der Waals surface area contributed by atoms with E-state index >= 15 is 0 Å². The van der Waals surface area contributed by atoms with E-state index in [4.69, 9.17) is 0 Å². The maximum absolute atomic E-state index is 9.72. The van der Waals surface area contributed by atoms with Crippen LogP contribution >= 0.6 is 0 Å². The Bertz CT molecular complexity index is 145. The van der Waals surface area contributed by atoms with Crippen LogP contribution < -0.4 is 0 Å². The van der Waals surface area contributed by atoms with Crippen molar-refractivity contribution in [2.24, 2.45) is 4.99 Å². The normalized spacial score (nSPS) is 13.0. The first-order valence-electron chi connectivity index (χ1n) is 3.55. The van der Waals surface area contributed by atoms with Crippen LogP contribution in [0.3, 0.4) is 0 Å². The average molecular weight is 139 g/mol. The van der Waals surface area contributed by atoms with Crippen molar-refractivity contribution in [3.8, 4) is 0 Å². The predicted octanol–water partition coefficient (Wildman–Crippen LogP) is 2.07. The first kappa shape index (κ1) is 9.12. The molecule has 1 atom stereocenters. The number of hydrogen-bond acceptors (Lipinski definition) is 2. The summed E-state index contributed by atoms with van der Waals surface area (Å²) in [6.45, 7) is 3.97. The minimum Gasteiger partial charge on any atom is -0.211 e. The number of hydrogen-bond donors (Lipinski definition) is 0. The molecule has 0 bridgehead atoms. The van der Waals surface area contributed by atoms with E-state index in [9.17, 15) is 4.79 Å². The molecular weight excluding hydrogens is 126 g/mol. The molecule has 0 aromatic rings. The number of aliphatic imine (C=N–C) groups is 1. The summed E-state index contributed by atoms with van der Waals surface area (Å²) in [5, 5.41) is 0. The number of allylic oxidation sites excluding steroid dienone is 1. The van der Waals surface area contributed by atoms with Crippen molar-refractivity contribution in [1.29, 1.82) is 0 Å². The molecule has 0 radical (unpaired) electrons. The fraction of sp³-hybridized carbons (Fsp3) is 0.625. The molecule has 0 saturated carbocycles. The molecule has 10 heavy (non-hydrogen) atoms. The van der Waals surface area contributed by atoms with Crippen molar-refractivity contribution < 1.29 is 4.79 Å². The molecule has 0 aliphatic rings. The number of rotatable bonds is 4. The molecule has 0 aliphatic carbocycles. The van der Waals surface area contributed by atoms with Gasteiger partial charge in [-0.3, -0.25) is 0 Å². The summed E-state index contributed by atoms with van der Waals surface area (Å²) >= 11 is 0. The third kappa shape index (κ3) is 5.26. The summed E-state index contributed by atoms with van der Waals surface area (Å²) in [6.07, 6.45) is 7.65. The molecule has 2 nitrogen and oxygen atoms in total. The van der Waals surface area contributed by atoms with Gasteiger partial charge in [0.15, 0.2) is 0 Å². The lowest BCUT2D eigenvalue weighted by atomic mass is 10.2. The average Bonchev–Trinajstić information content (AvgIpc) is 1.89. The van der Waals surface area contributed by atoms with Crippen LogP contribution in [0.5, 0.6) is 0 Å². The van der Waals surface area contributed by atoms with Crippen LogP contribution in [0.1, 0.15) is 26.7 Å². The first-order chi connectivity index (χ1) is 4.81. The monoisotopic (exact) mass is 139 g/mol. The molecule has 0 aromatic carbocycles. The molecule has 0 heterocycles. The van der Waals surface area contributed by atoms with Gasteiger partial charge in [-0.05, 0) is 13.3 Å². The Hall–Kier alpha value is -0.880. The van der Waals surface area contributed by atoms with Crippen LogP contribution in [-0.2, 0) is 4.79 Å². The summed E-state index contributed by atoms with van der Waals surface area (Å²) in [7, 11) is 0. The van der Waals surface area contributed by atoms with Gasteiger partial charge in [-0.25, -0.2) is 4.79 Å². The first-order valence-corrected chi connectivity index (χ1v) is 3.55. The van der Waals surface area contributed by atoms with E-state index in [0.29, 0.717) is 0 Å². The molecule has 2 heteroatoms. The second-order valence-corrected chi connectivity index (χ2v) is 2.18. The molecule has 0 spiro atoms. The molecule has 0 rings (SSSR count). The highest BCUT2D eigenvalue weighted by atomic mass is 16.1. The van der Waals surface area contributed by atoms with Crippen LogP contribution in [0.4, 0.5) is 0 Å². The third-order valence-corrected chi connectivity index (χ3v) is 1.13. The van der Waals surface area contributed by atoms with Crippen molar-refractivity contribution in [3.05, 3.63) is 12.2 Å². The zero-order valence-corrected chi connectivity index (χ0v) is 6.50. The minimum atomic E-state index is -0.0101. The second kappa shape index (κ2) is 6.24. The van der Waals surface area contributed by atoms with Gasteiger partial charge >= 0.3 is 0 Å². The fourth-order valence-corrected chi connectivity index (χ4v) is 0.586. The number of nitrogens with zero attached hydrogens (tertiary/aromatic N) is 1. The summed E-state index contributed by atoms with van der Waals surface area (Å²) in [5.41, 5.74) is 0. The number of carbonyl (C=O) groups excluding carboxylic acids is 1. The third-order valence-electron chi connectivity index (χ3n) is 1.13. The summed E-state index contributed by atoms with van der Waals surface area (Å²) in [5.74, 6) is 0. The van der Waals surface area contributed by atoms with Crippen molar-refractivity contribution in [2.75, 3.05) is 0 Å². The van der Waals surface area contributed by atoms with E-state index < -0.39 is 0 Å². The van der Waals surface area contributed by atoms with E-state index in [1.807, 2.05) is 19.1 Å². The van der Waals surface area contributed by atoms with Crippen molar-refractivity contribution in [1.82, 2.24) is 0 Å². The molecule has 0 N–H and O–H groups in total. The Morgan fingerprint density at radius 2 is 2.40 bits per heavy atom. The molecule has 1 unspecified atom stereocenters. The summed E-state index contributed by atoms with van der Waals surface area (Å²) in [6, 6.07) is -0.0101. The van der Waals surface area contributed by atoms with Crippen LogP contribution in [0.15, 0.2) is 17.1 Å². The van der Waals surface area contributed by atoms with E-state index in [0.717, 1.165) is 12.8 Å². The Balaban J connectivity index is 3.54. The van der Waals surface area contributed by atoms with Crippen LogP contribution in [-0.4, -0.2) is 12.1 Å². The van der Waals surface area contributed by atoms with Crippen LogP contribution in [0.25, 0.3) is 0 Å². The summed E-state index contributed by atoms with van der Waals surface area (Å²) < 4.78 is 0. The largest absolute Gasteiger partial charge is 0.235 e. The highest BCUT2D eigenvalue weighted by Crippen LogP contribution is 1.94.